The van der Waals surface area contributed by atoms with Crippen LogP contribution in [0.25, 0.3) is 6.08 Å². The topological polar surface area (TPSA) is 61.4 Å². The Kier molecular flexibility index (Phi) is 6.86. The number of carbonyl (C=O) groups is 2. The summed E-state index contributed by atoms with van der Waals surface area (Å²) in [5.74, 6) is -0.694. The molecule has 2 aromatic carbocycles. The summed E-state index contributed by atoms with van der Waals surface area (Å²) in [5.41, 5.74) is 1.82. The Bertz CT molecular complexity index is 881. The van der Waals surface area contributed by atoms with E-state index >= 15 is 0 Å². The molecule has 5 nitrogen and oxygen atoms in total. The number of para-hydroxylation sites is 1. The van der Waals surface area contributed by atoms with Gasteiger partial charge in [0.1, 0.15) is 5.70 Å². The maximum Gasteiger partial charge on any atom is 0.272 e. The van der Waals surface area contributed by atoms with Crippen molar-refractivity contribution in [1.82, 2.24) is 5.32 Å². The van der Waals surface area contributed by atoms with Gasteiger partial charge in [0, 0.05) is 25.2 Å². The number of carbonyl (C=O) groups excluding carboxylic acids is 2. The second-order valence-corrected chi connectivity index (χ2v) is 8.09. The lowest BCUT2D eigenvalue weighted by atomic mass is 9.95. The van der Waals surface area contributed by atoms with Crippen molar-refractivity contribution in [2.75, 3.05) is 24.3 Å². The van der Waals surface area contributed by atoms with E-state index in [-0.39, 0.29) is 11.6 Å². The maximum atomic E-state index is 12.8. The molecule has 0 saturated carbocycles. The minimum absolute atomic E-state index is 0.150. The van der Waals surface area contributed by atoms with Gasteiger partial charge in [0.25, 0.3) is 5.91 Å². The molecule has 0 aromatic heterocycles. The van der Waals surface area contributed by atoms with Crippen molar-refractivity contribution in [3.05, 3.63) is 64.8 Å². The highest BCUT2D eigenvalue weighted by molar-refractivity contribution is 6.34. The number of nitrogens with zero attached hydrogens (tertiary/aromatic N) is 1. The Morgan fingerprint density at radius 3 is 2.14 bits per heavy atom. The van der Waals surface area contributed by atoms with Gasteiger partial charge in [-0.15, -0.1) is 0 Å². The van der Waals surface area contributed by atoms with Crippen molar-refractivity contribution >= 4 is 40.9 Å². The predicted molar refractivity (Wildman–Crippen MR) is 116 cm³/mol. The van der Waals surface area contributed by atoms with Gasteiger partial charge in [-0.25, -0.2) is 0 Å². The second-order valence-electron chi connectivity index (χ2n) is 7.68. The van der Waals surface area contributed by atoms with Crippen LogP contribution < -0.4 is 15.5 Å². The predicted octanol–water partition coefficient (Wildman–Crippen LogP) is 4.55. The zero-order valence-corrected chi connectivity index (χ0v) is 17.6. The van der Waals surface area contributed by atoms with Crippen LogP contribution in [0.5, 0.6) is 0 Å². The molecule has 2 N–H and O–H groups in total. The highest BCUT2D eigenvalue weighted by Crippen LogP contribution is 2.22. The highest BCUT2D eigenvalue weighted by Gasteiger charge is 2.24. The Morgan fingerprint density at radius 1 is 1.00 bits per heavy atom. The minimum Gasteiger partial charge on any atom is -0.378 e. The average Bonchev–Trinajstić information content (AvgIpc) is 2.62. The summed E-state index contributed by atoms with van der Waals surface area (Å²) in [7, 11) is 3.91. The van der Waals surface area contributed by atoms with Crippen LogP contribution in [0.4, 0.5) is 11.4 Å². The summed E-state index contributed by atoms with van der Waals surface area (Å²) in [6.07, 6.45) is 1.65. The second kappa shape index (κ2) is 8.93. The van der Waals surface area contributed by atoms with Gasteiger partial charge in [-0.3, -0.25) is 9.59 Å². The van der Waals surface area contributed by atoms with Crippen molar-refractivity contribution in [2.24, 2.45) is 5.41 Å². The number of anilines is 2. The molecule has 0 aliphatic carbocycles. The molecule has 0 unspecified atom stereocenters. The number of halogens is 1. The van der Waals surface area contributed by atoms with E-state index in [0.717, 1.165) is 11.3 Å². The van der Waals surface area contributed by atoms with Gasteiger partial charge in [0.15, 0.2) is 0 Å². The van der Waals surface area contributed by atoms with E-state index in [0.29, 0.717) is 10.7 Å². The molecule has 0 bridgehead atoms. The molecular formula is C22H26ClN3O2. The summed E-state index contributed by atoms with van der Waals surface area (Å²) in [4.78, 5) is 27.3. The standard InChI is InChI=1S/C22H26ClN3O2/c1-22(2,3)21(28)25-19(14-15-10-12-16(13-11-15)26(4)5)20(27)24-18-9-7-6-8-17(18)23/h6-14H,1-5H3,(H,24,27)(H,25,28)/b19-14+. The lowest BCUT2D eigenvalue weighted by Crippen LogP contribution is -2.38. The van der Waals surface area contributed by atoms with Crippen molar-refractivity contribution in [2.45, 2.75) is 20.8 Å². The molecule has 6 heteroatoms. The first-order valence-electron chi connectivity index (χ1n) is 8.94. The van der Waals surface area contributed by atoms with E-state index in [2.05, 4.69) is 10.6 Å². The lowest BCUT2D eigenvalue weighted by Gasteiger charge is -2.19. The van der Waals surface area contributed by atoms with Crippen LogP contribution in [0.3, 0.4) is 0 Å². The van der Waals surface area contributed by atoms with Crippen LogP contribution in [0.15, 0.2) is 54.2 Å². The number of benzene rings is 2. The molecule has 28 heavy (non-hydrogen) atoms. The molecule has 0 saturated heterocycles. The van der Waals surface area contributed by atoms with Crippen molar-refractivity contribution in [1.29, 1.82) is 0 Å². The van der Waals surface area contributed by atoms with Gasteiger partial charge in [0.2, 0.25) is 5.91 Å². The number of rotatable bonds is 5. The molecule has 2 aromatic rings. The van der Waals surface area contributed by atoms with Crippen LogP contribution in [-0.4, -0.2) is 25.9 Å². The molecule has 0 atom stereocenters. The van der Waals surface area contributed by atoms with Crippen LogP contribution in [0.2, 0.25) is 5.02 Å². The number of hydrogen-bond acceptors (Lipinski definition) is 3. The molecule has 0 aliphatic rings. The maximum absolute atomic E-state index is 12.8. The Hall–Kier alpha value is -2.79. The van der Waals surface area contributed by atoms with E-state index in [4.69, 9.17) is 11.6 Å². The molecule has 0 heterocycles. The fourth-order valence-electron chi connectivity index (χ4n) is 2.26. The third-order valence-corrected chi connectivity index (χ3v) is 4.35. The van der Waals surface area contributed by atoms with Gasteiger partial charge in [-0.05, 0) is 35.9 Å². The molecule has 2 amide bonds. The summed E-state index contributed by atoms with van der Waals surface area (Å²) in [6.45, 7) is 5.37. The van der Waals surface area contributed by atoms with Gasteiger partial charge >= 0.3 is 0 Å². The first-order valence-corrected chi connectivity index (χ1v) is 9.32. The zero-order chi connectivity index (χ0) is 20.9. The van der Waals surface area contributed by atoms with E-state index in [9.17, 15) is 9.59 Å². The molecule has 2 rings (SSSR count). The molecule has 148 valence electrons. The van der Waals surface area contributed by atoms with Crippen LogP contribution in [0, 0.1) is 5.41 Å². The molecule has 0 radical (unpaired) electrons. The Morgan fingerprint density at radius 2 is 1.61 bits per heavy atom. The quantitative estimate of drug-likeness (QED) is 0.725. The third-order valence-electron chi connectivity index (χ3n) is 4.02. The Balaban J connectivity index is 2.34. The van der Waals surface area contributed by atoms with E-state index < -0.39 is 11.3 Å². The van der Waals surface area contributed by atoms with Gasteiger partial charge in [-0.1, -0.05) is 56.6 Å². The van der Waals surface area contributed by atoms with E-state index in [1.54, 1.807) is 51.1 Å². The summed E-state index contributed by atoms with van der Waals surface area (Å²) >= 11 is 6.13. The van der Waals surface area contributed by atoms with Gasteiger partial charge in [0.05, 0.1) is 10.7 Å². The van der Waals surface area contributed by atoms with Crippen LogP contribution in [0.1, 0.15) is 26.3 Å². The molecule has 0 spiro atoms. The van der Waals surface area contributed by atoms with Gasteiger partial charge < -0.3 is 15.5 Å². The molecule has 0 fully saturated rings. The summed E-state index contributed by atoms with van der Waals surface area (Å²) in [6, 6.07) is 14.6. The fraction of sp³-hybridized carbons (Fsp3) is 0.273. The highest BCUT2D eigenvalue weighted by atomic mass is 35.5. The summed E-state index contributed by atoms with van der Waals surface area (Å²) in [5, 5.41) is 5.92. The van der Waals surface area contributed by atoms with E-state index in [1.165, 1.54) is 0 Å². The van der Waals surface area contributed by atoms with Crippen LogP contribution in [-0.2, 0) is 9.59 Å². The minimum atomic E-state index is -0.640. The first-order chi connectivity index (χ1) is 13.1. The first kappa shape index (κ1) is 21.5. The summed E-state index contributed by atoms with van der Waals surface area (Å²) < 4.78 is 0. The lowest BCUT2D eigenvalue weighted by molar-refractivity contribution is -0.128. The zero-order valence-electron chi connectivity index (χ0n) is 16.8. The smallest absolute Gasteiger partial charge is 0.272 e. The van der Waals surface area contributed by atoms with Crippen molar-refractivity contribution < 1.29 is 9.59 Å². The number of nitrogens with one attached hydrogen (secondary N) is 2. The normalized spacial score (nSPS) is 11.7. The molecular weight excluding hydrogens is 374 g/mol. The van der Waals surface area contributed by atoms with Crippen molar-refractivity contribution in [3.8, 4) is 0 Å². The van der Waals surface area contributed by atoms with Gasteiger partial charge in [-0.2, -0.15) is 0 Å². The largest absolute Gasteiger partial charge is 0.378 e. The monoisotopic (exact) mass is 399 g/mol. The number of amides is 2. The fourth-order valence-corrected chi connectivity index (χ4v) is 2.44. The van der Waals surface area contributed by atoms with E-state index in [1.807, 2.05) is 43.3 Å². The Labute approximate surface area is 171 Å². The number of hydrogen-bond donors (Lipinski definition) is 2. The average molecular weight is 400 g/mol. The van der Waals surface area contributed by atoms with Crippen molar-refractivity contribution in [3.63, 3.8) is 0 Å². The molecule has 0 aliphatic heterocycles. The van der Waals surface area contributed by atoms with Crippen LogP contribution >= 0.6 is 11.6 Å². The third kappa shape index (κ3) is 5.86. The SMILES string of the molecule is CN(C)c1ccc(/C=C(/NC(=O)C(C)(C)C)C(=O)Nc2ccccc2Cl)cc1.